The smallest absolute Gasteiger partial charge is 0.321 e. The van der Waals surface area contributed by atoms with Gasteiger partial charge in [0.15, 0.2) is 11.5 Å². The van der Waals surface area contributed by atoms with Gasteiger partial charge in [-0.3, -0.25) is 19.2 Å². The Labute approximate surface area is 220 Å². The average molecular weight is 522 g/mol. The van der Waals surface area contributed by atoms with E-state index in [1.807, 2.05) is 34.6 Å². The SMILES string of the molecule is CCCC(=O)OCC(C)C(c1ccc(OC(=O)C(C)C(C)C)c(OC(=O)C(C)C(C)C)c1)[C@H](N)C(=O)O. The van der Waals surface area contributed by atoms with Crippen LogP contribution in [0.15, 0.2) is 18.2 Å². The van der Waals surface area contributed by atoms with Crippen molar-refractivity contribution in [2.75, 3.05) is 6.61 Å². The molecule has 4 unspecified atom stereocenters. The number of hydrogen-bond acceptors (Lipinski definition) is 8. The molecule has 1 aromatic carbocycles. The summed E-state index contributed by atoms with van der Waals surface area (Å²) in [6.07, 6.45) is 0.885. The Balaban J connectivity index is 3.47. The zero-order chi connectivity index (χ0) is 28.4. The molecule has 1 rings (SSSR count). The fraction of sp³-hybridized carbons (Fsp3) is 0.643. The molecule has 0 amide bonds. The maximum atomic E-state index is 12.8. The Morgan fingerprint density at radius 3 is 1.84 bits per heavy atom. The van der Waals surface area contributed by atoms with Gasteiger partial charge in [0.05, 0.1) is 18.4 Å². The summed E-state index contributed by atoms with van der Waals surface area (Å²) in [7, 11) is 0. The third-order valence-corrected chi connectivity index (χ3v) is 6.76. The number of nitrogens with two attached hydrogens (primary N) is 1. The van der Waals surface area contributed by atoms with Crippen LogP contribution >= 0.6 is 0 Å². The third-order valence-electron chi connectivity index (χ3n) is 6.76. The van der Waals surface area contributed by atoms with Crippen molar-refractivity contribution < 1.29 is 38.5 Å². The minimum Gasteiger partial charge on any atom is -0.480 e. The molecular weight excluding hydrogens is 478 g/mol. The molecule has 0 bridgehead atoms. The highest BCUT2D eigenvalue weighted by Crippen LogP contribution is 2.37. The van der Waals surface area contributed by atoms with Crippen LogP contribution in [0.3, 0.4) is 0 Å². The molecule has 0 aliphatic heterocycles. The summed E-state index contributed by atoms with van der Waals surface area (Å²) in [6, 6.07) is 3.21. The van der Waals surface area contributed by atoms with E-state index in [0.29, 0.717) is 12.0 Å². The van der Waals surface area contributed by atoms with Crippen molar-refractivity contribution in [2.24, 2.45) is 35.3 Å². The molecule has 208 valence electrons. The van der Waals surface area contributed by atoms with Gasteiger partial charge in [-0.25, -0.2) is 0 Å². The highest BCUT2D eigenvalue weighted by molar-refractivity contribution is 5.79. The number of benzene rings is 1. The molecule has 0 fully saturated rings. The summed E-state index contributed by atoms with van der Waals surface area (Å²) in [6.45, 7) is 14.6. The van der Waals surface area contributed by atoms with Crippen molar-refractivity contribution >= 4 is 23.9 Å². The molecule has 0 radical (unpaired) electrons. The predicted octanol–water partition coefficient (Wildman–Crippen LogP) is 4.56. The van der Waals surface area contributed by atoms with E-state index in [1.165, 1.54) is 12.1 Å². The van der Waals surface area contributed by atoms with Gasteiger partial charge >= 0.3 is 23.9 Å². The standard InChI is InChI=1S/C28H43NO8/c1-9-10-23(30)35-14-17(6)24(25(29)26(31)32)20-11-12-21(36-27(33)18(7)15(2)3)22(13-20)37-28(34)19(8)16(4)5/h11-13,15-19,24-25H,9-10,14,29H2,1-8H3,(H,31,32)/t17?,18?,19?,24?,25-/m0/s1. The van der Waals surface area contributed by atoms with Crippen LogP contribution in [-0.4, -0.2) is 41.6 Å². The van der Waals surface area contributed by atoms with Gasteiger partial charge in [-0.15, -0.1) is 0 Å². The van der Waals surface area contributed by atoms with Crippen molar-refractivity contribution in [3.05, 3.63) is 23.8 Å². The predicted molar refractivity (Wildman–Crippen MR) is 139 cm³/mol. The number of carbonyl (C=O) groups is 4. The van der Waals surface area contributed by atoms with Crippen molar-refractivity contribution in [3.63, 3.8) is 0 Å². The number of rotatable bonds is 14. The van der Waals surface area contributed by atoms with Gasteiger partial charge in [-0.1, -0.05) is 61.5 Å². The van der Waals surface area contributed by atoms with Crippen molar-refractivity contribution in [3.8, 4) is 11.5 Å². The molecule has 1 aromatic rings. The van der Waals surface area contributed by atoms with Crippen LogP contribution in [0.1, 0.15) is 79.7 Å². The molecular formula is C28H43NO8. The summed E-state index contributed by atoms with van der Waals surface area (Å²) in [4.78, 5) is 49.2. The largest absolute Gasteiger partial charge is 0.480 e. The van der Waals surface area contributed by atoms with Crippen LogP contribution in [0.5, 0.6) is 11.5 Å². The molecule has 0 saturated heterocycles. The molecule has 0 saturated carbocycles. The van der Waals surface area contributed by atoms with Crippen molar-refractivity contribution in [1.82, 2.24) is 0 Å². The lowest BCUT2D eigenvalue weighted by molar-refractivity contribution is -0.145. The van der Waals surface area contributed by atoms with Crippen LogP contribution in [0, 0.1) is 29.6 Å². The third kappa shape index (κ3) is 9.46. The van der Waals surface area contributed by atoms with Crippen LogP contribution in [0.25, 0.3) is 0 Å². The van der Waals surface area contributed by atoms with E-state index in [-0.39, 0.29) is 42.3 Å². The summed E-state index contributed by atoms with van der Waals surface area (Å²) >= 11 is 0. The Morgan fingerprint density at radius 1 is 0.865 bits per heavy atom. The molecule has 3 N–H and O–H groups in total. The highest BCUT2D eigenvalue weighted by Gasteiger charge is 2.33. The van der Waals surface area contributed by atoms with E-state index < -0.39 is 47.6 Å². The van der Waals surface area contributed by atoms with E-state index in [2.05, 4.69) is 0 Å². The molecule has 0 aromatic heterocycles. The zero-order valence-corrected chi connectivity index (χ0v) is 23.3. The van der Waals surface area contributed by atoms with E-state index in [1.54, 1.807) is 26.8 Å². The summed E-state index contributed by atoms with van der Waals surface area (Å²) in [5.74, 6) is -4.60. The van der Waals surface area contributed by atoms with Crippen LogP contribution in [0.2, 0.25) is 0 Å². The van der Waals surface area contributed by atoms with Crippen LogP contribution in [0.4, 0.5) is 0 Å². The Kier molecular flexibility index (Phi) is 12.8. The van der Waals surface area contributed by atoms with E-state index in [9.17, 15) is 24.3 Å². The zero-order valence-electron chi connectivity index (χ0n) is 23.3. The molecule has 9 heteroatoms. The minimum absolute atomic E-state index is 0.00271. The maximum Gasteiger partial charge on any atom is 0.321 e. The first-order chi connectivity index (χ1) is 17.2. The second kappa shape index (κ2) is 14.7. The monoisotopic (exact) mass is 521 g/mol. The molecule has 0 aliphatic rings. The molecule has 37 heavy (non-hydrogen) atoms. The molecule has 0 aliphatic carbocycles. The normalized spacial score (nSPS) is 15.4. The molecule has 9 nitrogen and oxygen atoms in total. The lowest BCUT2D eigenvalue weighted by atomic mass is 9.82. The topological polar surface area (TPSA) is 142 Å². The minimum atomic E-state index is -1.33. The van der Waals surface area contributed by atoms with Crippen molar-refractivity contribution in [2.45, 2.75) is 80.2 Å². The first-order valence-electron chi connectivity index (χ1n) is 12.9. The van der Waals surface area contributed by atoms with Gasteiger partial charge < -0.3 is 25.1 Å². The second-order valence-electron chi connectivity index (χ2n) is 10.4. The Bertz CT molecular complexity index is 942. The number of carboxylic acids is 1. The van der Waals surface area contributed by atoms with Gasteiger partial charge in [-0.2, -0.15) is 0 Å². The number of ether oxygens (including phenoxy) is 3. The first kappa shape index (κ1) is 32.1. The van der Waals surface area contributed by atoms with Crippen molar-refractivity contribution in [1.29, 1.82) is 0 Å². The van der Waals surface area contributed by atoms with Crippen LogP contribution in [-0.2, 0) is 23.9 Å². The fourth-order valence-corrected chi connectivity index (χ4v) is 3.49. The van der Waals surface area contributed by atoms with Gasteiger partial charge in [0.2, 0.25) is 0 Å². The van der Waals surface area contributed by atoms with E-state index in [0.717, 1.165) is 0 Å². The summed E-state index contributed by atoms with van der Waals surface area (Å²) < 4.78 is 16.6. The highest BCUT2D eigenvalue weighted by atomic mass is 16.6. The summed E-state index contributed by atoms with van der Waals surface area (Å²) in [5.41, 5.74) is 6.51. The maximum absolute atomic E-state index is 12.8. The molecule has 0 spiro atoms. The number of carboxylic acid groups (broad SMARTS) is 1. The molecule has 5 atom stereocenters. The van der Waals surface area contributed by atoms with E-state index >= 15 is 0 Å². The lowest BCUT2D eigenvalue weighted by Gasteiger charge is -2.28. The number of hydrogen-bond donors (Lipinski definition) is 2. The number of esters is 3. The van der Waals surface area contributed by atoms with Crippen LogP contribution < -0.4 is 15.2 Å². The van der Waals surface area contributed by atoms with Gasteiger partial charge in [-0.05, 0) is 41.9 Å². The van der Waals surface area contributed by atoms with E-state index in [4.69, 9.17) is 19.9 Å². The van der Waals surface area contributed by atoms with Gasteiger partial charge in [0.1, 0.15) is 6.04 Å². The van der Waals surface area contributed by atoms with Gasteiger partial charge in [0.25, 0.3) is 0 Å². The first-order valence-corrected chi connectivity index (χ1v) is 12.9. The fourth-order valence-electron chi connectivity index (χ4n) is 3.49. The number of carbonyl (C=O) groups excluding carboxylic acids is 3. The molecule has 0 heterocycles. The Hall–Kier alpha value is -2.94. The quantitative estimate of drug-likeness (QED) is 0.266. The number of aliphatic carboxylic acids is 1. The lowest BCUT2D eigenvalue weighted by Crippen LogP contribution is -2.40. The average Bonchev–Trinajstić information content (AvgIpc) is 2.82. The van der Waals surface area contributed by atoms with Gasteiger partial charge in [0, 0.05) is 12.3 Å². The Morgan fingerprint density at radius 2 is 1.38 bits per heavy atom. The summed E-state index contributed by atoms with van der Waals surface area (Å²) in [5, 5.41) is 9.67. The second-order valence-corrected chi connectivity index (χ2v) is 10.4.